The second-order valence-electron chi connectivity index (χ2n) is 4.71. The molecule has 0 aliphatic heterocycles. The van der Waals surface area contributed by atoms with Crippen LogP contribution in [0.25, 0.3) is 0 Å². The predicted molar refractivity (Wildman–Crippen MR) is 71.9 cm³/mol. The maximum atomic E-state index is 11.7. The molecule has 0 saturated heterocycles. The number of carbonyl (C=O) groups excluding carboxylic acids is 1. The van der Waals surface area contributed by atoms with E-state index in [4.69, 9.17) is 5.73 Å². The summed E-state index contributed by atoms with van der Waals surface area (Å²) < 4.78 is 0. The summed E-state index contributed by atoms with van der Waals surface area (Å²) in [6, 6.07) is 7.83. The number of hydrogen-bond acceptors (Lipinski definition) is 2. The van der Waals surface area contributed by atoms with E-state index in [1.165, 1.54) is 5.56 Å². The lowest BCUT2D eigenvalue weighted by Crippen LogP contribution is -2.31. The third kappa shape index (κ3) is 4.57. The second-order valence-corrected chi connectivity index (χ2v) is 4.71. The third-order valence-electron chi connectivity index (χ3n) is 2.90. The molecule has 0 radical (unpaired) electrons. The summed E-state index contributed by atoms with van der Waals surface area (Å²) in [4.78, 5) is 11.7. The summed E-state index contributed by atoms with van der Waals surface area (Å²) in [6.07, 6.45) is 1.34. The van der Waals surface area contributed by atoms with Crippen LogP contribution in [0.4, 0.5) is 5.69 Å². The van der Waals surface area contributed by atoms with Gasteiger partial charge in [-0.15, -0.1) is 0 Å². The summed E-state index contributed by atoms with van der Waals surface area (Å²) in [6.45, 7) is 6.14. The Hall–Kier alpha value is -1.35. The standard InChI is InChI=1S/C14H22N2O/c1-4-11-6-5-7-12(8-11)16-14(17)9-13(15)10(2)3/h5-8,10,13H,4,9,15H2,1-3H3,(H,16,17). The van der Waals surface area contributed by atoms with Gasteiger partial charge in [0.1, 0.15) is 0 Å². The fourth-order valence-corrected chi connectivity index (χ4v) is 1.53. The van der Waals surface area contributed by atoms with E-state index in [0.29, 0.717) is 12.3 Å². The Morgan fingerprint density at radius 2 is 2.12 bits per heavy atom. The highest BCUT2D eigenvalue weighted by molar-refractivity contribution is 5.91. The minimum Gasteiger partial charge on any atom is -0.327 e. The molecule has 0 spiro atoms. The molecule has 1 aromatic rings. The number of nitrogens with two attached hydrogens (primary N) is 1. The second kappa shape index (κ2) is 6.40. The zero-order chi connectivity index (χ0) is 12.8. The molecule has 3 nitrogen and oxygen atoms in total. The van der Waals surface area contributed by atoms with Crippen molar-refractivity contribution in [2.24, 2.45) is 11.7 Å². The lowest BCUT2D eigenvalue weighted by Gasteiger charge is -2.15. The first kappa shape index (κ1) is 13.7. The number of aryl methyl sites for hydroxylation is 1. The zero-order valence-electron chi connectivity index (χ0n) is 10.9. The normalized spacial score (nSPS) is 12.5. The highest BCUT2D eigenvalue weighted by atomic mass is 16.1. The van der Waals surface area contributed by atoms with E-state index in [1.54, 1.807) is 0 Å². The average Bonchev–Trinajstić information content (AvgIpc) is 2.28. The van der Waals surface area contributed by atoms with Crippen LogP contribution in [0.3, 0.4) is 0 Å². The van der Waals surface area contributed by atoms with Crippen molar-refractivity contribution in [2.75, 3.05) is 5.32 Å². The minimum absolute atomic E-state index is 0.0144. The SMILES string of the molecule is CCc1cccc(NC(=O)CC(N)C(C)C)c1. The number of amides is 1. The highest BCUT2D eigenvalue weighted by Crippen LogP contribution is 2.12. The minimum atomic E-state index is -0.0793. The quantitative estimate of drug-likeness (QED) is 0.822. The fourth-order valence-electron chi connectivity index (χ4n) is 1.53. The number of rotatable bonds is 5. The Morgan fingerprint density at radius 1 is 1.41 bits per heavy atom. The Morgan fingerprint density at radius 3 is 2.71 bits per heavy atom. The van der Waals surface area contributed by atoms with Gasteiger partial charge in [-0.3, -0.25) is 4.79 Å². The molecule has 0 aliphatic carbocycles. The molecule has 94 valence electrons. The molecular formula is C14H22N2O. The van der Waals surface area contributed by atoms with Gasteiger partial charge in [-0.1, -0.05) is 32.9 Å². The molecule has 3 heteroatoms. The first-order valence-electron chi connectivity index (χ1n) is 6.17. The Balaban J connectivity index is 2.55. The van der Waals surface area contributed by atoms with Crippen LogP contribution in [0, 0.1) is 5.92 Å². The van der Waals surface area contributed by atoms with Crippen molar-refractivity contribution in [3.05, 3.63) is 29.8 Å². The summed E-state index contributed by atoms with van der Waals surface area (Å²) >= 11 is 0. The first-order chi connectivity index (χ1) is 8.02. The van der Waals surface area contributed by atoms with Crippen LogP contribution in [0.15, 0.2) is 24.3 Å². The van der Waals surface area contributed by atoms with Gasteiger partial charge in [0.05, 0.1) is 0 Å². The molecule has 1 amide bonds. The van der Waals surface area contributed by atoms with E-state index in [2.05, 4.69) is 18.3 Å². The molecule has 0 saturated carbocycles. The van der Waals surface area contributed by atoms with E-state index < -0.39 is 0 Å². The molecule has 1 atom stereocenters. The summed E-state index contributed by atoms with van der Waals surface area (Å²) in [5, 5.41) is 2.88. The van der Waals surface area contributed by atoms with Gasteiger partial charge in [-0.05, 0) is 30.0 Å². The molecule has 0 heterocycles. The molecule has 0 fully saturated rings. The van der Waals surface area contributed by atoms with Gasteiger partial charge in [-0.25, -0.2) is 0 Å². The van der Waals surface area contributed by atoms with Crippen molar-refractivity contribution in [3.8, 4) is 0 Å². The summed E-state index contributed by atoms with van der Waals surface area (Å²) in [5.74, 6) is 0.308. The lowest BCUT2D eigenvalue weighted by atomic mass is 10.0. The van der Waals surface area contributed by atoms with E-state index in [9.17, 15) is 4.79 Å². The van der Waals surface area contributed by atoms with Gasteiger partial charge in [0.2, 0.25) is 5.91 Å². The topological polar surface area (TPSA) is 55.1 Å². The van der Waals surface area contributed by atoms with Crippen LogP contribution >= 0.6 is 0 Å². The molecule has 1 unspecified atom stereocenters. The summed E-state index contributed by atoms with van der Waals surface area (Å²) in [5.41, 5.74) is 7.94. The van der Waals surface area contributed by atoms with Crippen molar-refractivity contribution < 1.29 is 4.79 Å². The smallest absolute Gasteiger partial charge is 0.225 e. The fraction of sp³-hybridized carbons (Fsp3) is 0.500. The van der Waals surface area contributed by atoms with Crippen LogP contribution in [0.2, 0.25) is 0 Å². The first-order valence-corrected chi connectivity index (χ1v) is 6.17. The maximum Gasteiger partial charge on any atom is 0.225 e. The number of hydrogen-bond donors (Lipinski definition) is 2. The predicted octanol–water partition coefficient (Wildman–Crippen LogP) is 2.56. The Bertz CT molecular complexity index is 374. The van der Waals surface area contributed by atoms with Crippen molar-refractivity contribution in [1.29, 1.82) is 0 Å². The molecule has 0 aromatic heterocycles. The lowest BCUT2D eigenvalue weighted by molar-refractivity contribution is -0.116. The van der Waals surface area contributed by atoms with E-state index in [-0.39, 0.29) is 11.9 Å². The van der Waals surface area contributed by atoms with Gasteiger partial charge in [0, 0.05) is 18.2 Å². The monoisotopic (exact) mass is 234 g/mol. The van der Waals surface area contributed by atoms with Gasteiger partial charge in [-0.2, -0.15) is 0 Å². The van der Waals surface area contributed by atoms with E-state index in [0.717, 1.165) is 12.1 Å². The van der Waals surface area contributed by atoms with Crippen LogP contribution in [0.1, 0.15) is 32.8 Å². The van der Waals surface area contributed by atoms with Crippen LogP contribution in [-0.4, -0.2) is 11.9 Å². The molecule has 0 bridgehead atoms. The van der Waals surface area contributed by atoms with E-state index in [1.807, 2.05) is 32.0 Å². The van der Waals surface area contributed by atoms with Gasteiger partial charge < -0.3 is 11.1 Å². The van der Waals surface area contributed by atoms with Crippen LogP contribution < -0.4 is 11.1 Å². The molecule has 17 heavy (non-hydrogen) atoms. The highest BCUT2D eigenvalue weighted by Gasteiger charge is 2.12. The summed E-state index contributed by atoms with van der Waals surface area (Å²) in [7, 11) is 0. The number of anilines is 1. The molecule has 1 aromatic carbocycles. The van der Waals surface area contributed by atoms with Crippen LogP contribution in [0.5, 0.6) is 0 Å². The van der Waals surface area contributed by atoms with Gasteiger partial charge >= 0.3 is 0 Å². The van der Waals surface area contributed by atoms with Crippen molar-refractivity contribution >= 4 is 11.6 Å². The Kier molecular flexibility index (Phi) is 5.16. The van der Waals surface area contributed by atoms with Crippen molar-refractivity contribution in [1.82, 2.24) is 0 Å². The van der Waals surface area contributed by atoms with Crippen LogP contribution in [-0.2, 0) is 11.2 Å². The molecule has 3 N–H and O–H groups in total. The largest absolute Gasteiger partial charge is 0.327 e. The zero-order valence-corrected chi connectivity index (χ0v) is 10.9. The molecular weight excluding hydrogens is 212 g/mol. The van der Waals surface area contributed by atoms with Crippen molar-refractivity contribution in [3.63, 3.8) is 0 Å². The maximum absolute atomic E-state index is 11.7. The molecule has 0 aliphatic rings. The van der Waals surface area contributed by atoms with Gasteiger partial charge in [0.25, 0.3) is 0 Å². The number of nitrogens with one attached hydrogen (secondary N) is 1. The van der Waals surface area contributed by atoms with E-state index >= 15 is 0 Å². The number of benzene rings is 1. The van der Waals surface area contributed by atoms with Gasteiger partial charge in [0.15, 0.2) is 0 Å². The average molecular weight is 234 g/mol. The number of carbonyl (C=O) groups is 1. The third-order valence-corrected chi connectivity index (χ3v) is 2.90. The van der Waals surface area contributed by atoms with Crippen molar-refractivity contribution in [2.45, 2.75) is 39.7 Å². The Labute approximate surface area is 103 Å². The molecule has 1 rings (SSSR count).